The van der Waals surface area contributed by atoms with Gasteiger partial charge in [0.25, 0.3) is 0 Å². The molecule has 1 aromatic heterocycles. The Bertz CT molecular complexity index is 1310. The lowest BCUT2D eigenvalue weighted by Crippen LogP contribution is -2.43. The second kappa shape index (κ2) is 6.73. The summed E-state index contributed by atoms with van der Waals surface area (Å²) in [6.45, 7) is 6.04. The number of fused-ring (bicyclic) bond motifs is 1. The Morgan fingerprint density at radius 2 is 1.88 bits per heavy atom. The highest BCUT2D eigenvalue weighted by Crippen LogP contribution is 2.56. The van der Waals surface area contributed by atoms with Crippen LogP contribution in [0.2, 0.25) is 0 Å². The van der Waals surface area contributed by atoms with Gasteiger partial charge in [-0.05, 0) is 55.2 Å². The highest BCUT2D eigenvalue weighted by atomic mass is 32.2. The minimum Gasteiger partial charge on any atom is -0.343 e. The predicted octanol–water partition coefficient (Wildman–Crippen LogP) is 4.88. The van der Waals surface area contributed by atoms with Crippen molar-refractivity contribution in [1.29, 1.82) is 0 Å². The first-order chi connectivity index (χ1) is 14.9. The van der Waals surface area contributed by atoms with Crippen LogP contribution in [-0.2, 0) is 20.0 Å². The van der Waals surface area contributed by atoms with Crippen molar-refractivity contribution >= 4 is 21.4 Å². The molecular formula is C25H27FN2O3S. The maximum Gasteiger partial charge on any atom is 0.175 e. The summed E-state index contributed by atoms with van der Waals surface area (Å²) >= 11 is 0. The van der Waals surface area contributed by atoms with E-state index in [1.165, 1.54) is 12.5 Å². The number of pyridine rings is 1. The molecule has 1 aliphatic heterocycles. The van der Waals surface area contributed by atoms with Gasteiger partial charge in [0.2, 0.25) is 0 Å². The van der Waals surface area contributed by atoms with Gasteiger partial charge in [-0.15, -0.1) is 0 Å². The number of halogens is 1. The van der Waals surface area contributed by atoms with Crippen LogP contribution in [0.1, 0.15) is 69.1 Å². The average molecular weight is 455 g/mol. The fourth-order valence-electron chi connectivity index (χ4n) is 5.48. The first kappa shape index (κ1) is 21.3. The standard InChI is InChI=1S/C25H27FN2O3S/c1-24(2)11-18-21(19(29)12-24)25(3,15-6-5-7-16(10-15)32(4,30)31)22-20(14-8-9-14)17(26)13-27-23(22)28-18/h5-7,10,13-14H,8-9,11-12H2,1-4H3,(H,27,28)/t25-/m1/s1. The number of benzene rings is 1. The third-order valence-corrected chi connectivity index (χ3v) is 8.15. The van der Waals surface area contributed by atoms with Gasteiger partial charge in [-0.3, -0.25) is 4.79 Å². The van der Waals surface area contributed by atoms with E-state index in [0.29, 0.717) is 40.9 Å². The van der Waals surface area contributed by atoms with Gasteiger partial charge in [-0.25, -0.2) is 17.8 Å². The molecule has 5 rings (SSSR count). The highest BCUT2D eigenvalue weighted by molar-refractivity contribution is 7.90. The molecule has 7 heteroatoms. The van der Waals surface area contributed by atoms with Gasteiger partial charge in [0.05, 0.1) is 16.5 Å². The first-order valence-corrected chi connectivity index (χ1v) is 12.8. The molecule has 2 heterocycles. The second-order valence-corrected chi connectivity index (χ2v) is 12.4. The molecule has 168 valence electrons. The van der Waals surface area contributed by atoms with Crippen LogP contribution in [0.4, 0.5) is 10.2 Å². The minimum atomic E-state index is -3.46. The fourth-order valence-corrected chi connectivity index (χ4v) is 6.14. The third kappa shape index (κ3) is 3.20. The van der Waals surface area contributed by atoms with E-state index in [1.54, 1.807) is 18.2 Å². The van der Waals surface area contributed by atoms with Gasteiger partial charge >= 0.3 is 0 Å². The molecule has 0 amide bonds. The Balaban J connectivity index is 1.86. The molecule has 1 saturated carbocycles. The van der Waals surface area contributed by atoms with E-state index in [4.69, 9.17) is 0 Å². The molecule has 0 bridgehead atoms. The van der Waals surface area contributed by atoms with E-state index in [1.807, 2.05) is 13.0 Å². The summed E-state index contributed by atoms with van der Waals surface area (Å²) in [7, 11) is -3.46. The SMILES string of the molecule is CC1(C)CC(=O)C2=C(C1)Nc1ncc(F)c(C3CC3)c1[C@]2(C)c1cccc(S(C)(=O)=O)c1. The predicted molar refractivity (Wildman–Crippen MR) is 121 cm³/mol. The number of hydrogen-bond donors (Lipinski definition) is 1. The zero-order valence-corrected chi connectivity index (χ0v) is 19.6. The normalized spacial score (nSPS) is 24.6. The molecule has 3 aliphatic rings. The summed E-state index contributed by atoms with van der Waals surface area (Å²) in [4.78, 5) is 18.2. The molecule has 5 nitrogen and oxygen atoms in total. The number of allylic oxidation sites excluding steroid dienone is 2. The summed E-state index contributed by atoms with van der Waals surface area (Å²) in [6.07, 6.45) is 5.24. The Morgan fingerprint density at radius 3 is 2.53 bits per heavy atom. The molecule has 32 heavy (non-hydrogen) atoms. The Kier molecular flexibility index (Phi) is 4.48. The Morgan fingerprint density at radius 1 is 1.16 bits per heavy atom. The summed E-state index contributed by atoms with van der Waals surface area (Å²) in [5.41, 5.74) is 2.11. The van der Waals surface area contributed by atoms with Crippen LogP contribution < -0.4 is 5.32 Å². The van der Waals surface area contributed by atoms with Crippen molar-refractivity contribution in [3.63, 3.8) is 0 Å². The lowest BCUT2D eigenvalue weighted by molar-refractivity contribution is -0.118. The molecule has 1 atom stereocenters. The molecule has 1 fully saturated rings. The summed E-state index contributed by atoms with van der Waals surface area (Å²) in [5, 5.41) is 3.37. The lowest BCUT2D eigenvalue weighted by Gasteiger charge is -2.45. The summed E-state index contributed by atoms with van der Waals surface area (Å²) in [6, 6.07) is 6.71. The molecule has 2 aliphatic carbocycles. The molecule has 1 aromatic carbocycles. The van der Waals surface area contributed by atoms with Crippen molar-refractivity contribution in [3.8, 4) is 0 Å². The average Bonchev–Trinajstić information content (AvgIpc) is 3.51. The van der Waals surface area contributed by atoms with E-state index in [0.717, 1.165) is 18.5 Å². The molecule has 1 N–H and O–H groups in total. The number of carbonyl (C=O) groups excluding carboxylic acids is 1. The number of nitrogens with one attached hydrogen (secondary N) is 1. The van der Waals surface area contributed by atoms with Crippen LogP contribution in [0.25, 0.3) is 0 Å². The maximum atomic E-state index is 15.2. The highest BCUT2D eigenvalue weighted by Gasteiger charge is 2.50. The number of anilines is 1. The van der Waals surface area contributed by atoms with E-state index in [9.17, 15) is 13.2 Å². The Labute approximate surface area is 188 Å². The van der Waals surface area contributed by atoms with Crippen LogP contribution >= 0.6 is 0 Å². The maximum absolute atomic E-state index is 15.2. The molecule has 0 unspecified atom stereocenters. The minimum absolute atomic E-state index is 0.00710. The van der Waals surface area contributed by atoms with Gasteiger partial charge < -0.3 is 5.32 Å². The smallest absolute Gasteiger partial charge is 0.175 e. The molecular weight excluding hydrogens is 427 g/mol. The van der Waals surface area contributed by atoms with Crippen LogP contribution in [-0.4, -0.2) is 25.4 Å². The van der Waals surface area contributed by atoms with Crippen molar-refractivity contribution in [2.24, 2.45) is 5.41 Å². The largest absolute Gasteiger partial charge is 0.343 e. The van der Waals surface area contributed by atoms with Crippen LogP contribution in [0.3, 0.4) is 0 Å². The number of aromatic nitrogens is 1. The molecule has 0 radical (unpaired) electrons. The van der Waals surface area contributed by atoms with Gasteiger partial charge in [-0.1, -0.05) is 26.0 Å². The van der Waals surface area contributed by atoms with Gasteiger partial charge in [-0.2, -0.15) is 0 Å². The van der Waals surface area contributed by atoms with Crippen molar-refractivity contribution in [3.05, 3.63) is 64.2 Å². The monoisotopic (exact) mass is 454 g/mol. The summed E-state index contributed by atoms with van der Waals surface area (Å²) in [5.74, 6) is 0.284. The van der Waals surface area contributed by atoms with Crippen LogP contribution in [0.5, 0.6) is 0 Å². The van der Waals surface area contributed by atoms with Crippen LogP contribution in [0, 0.1) is 11.2 Å². The fraction of sp³-hybridized carbons (Fsp3) is 0.440. The first-order valence-electron chi connectivity index (χ1n) is 11.0. The molecule has 0 spiro atoms. The van der Waals surface area contributed by atoms with Gasteiger partial charge in [0, 0.05) is 35.1 Å². The summed E-state index contributed by atoms with van der Waals surface area (Å²) < 4.78 is 39.8. The van der Waals surface area contributed by atoms with E-state index < -0.39 is 15.3 Å². The topological polar surface area (TPSA) is 76.1 Å². The quantitative estimate of drug-likeness (QED) is 0.716. The van der Waals surface area contributed by atoms with Crippen molar-refractivity contribution < 1.29 is 17.6 Å². The van der Waals surface area contributed by atoms with Gasteiger partial charge in [0.1, 0.15) is 11.6 Å². The number of rotatable bonds is 3. The third-order valence-electron chi connectivity index (χ3n) is 7.04. The van der Waals surface area contributed by atoms with Crippen LogP contribution in [0.15, 0.2) is 46.6 Å². The zero-order valence-electron chi connectivity index (χ0n) is 18.8. The van der Waals surface area contributed by atoms with E-state index in [2.05, 4.69) is 24.1 Å². The number of hydrogen-bond acceptors (Lipinski definition) is 5. The number of ketones is 1. The Hall–Kier alpha value is -2.54. The molecule has 2 aromatic rings. The second-order valence-electron chi connectivity index (χ2n) is 10.4. The van der Waals surface area contributed by atoms with E-state index >= 15 is 4.39 Å². The number of Topliss-reactive ketones (excluding diaryl/α,β-unsaturated/α-hetero) is 1. The van der Waals surface area contributed by atoms with Crippen molar-refractivity contribution in [1.82, 2.24) is 4.98 Å². The number of nitrogens with zero attached hydrogens (tertiary/aromatic N) is 1. The van der Waals surface area contributed by atoms with Gasteiger partial charge in [0.15, 0.2) is 15.6 Å². The number of sulfone groups is 1. The van der Waals surface area contributed by atoms with E-state index in [-0.39, 0.29) is 27.8 Å². The lowest BCUT2D eigenvalue weighted by atomic mass is 9.61. The molecule has 0 saturated heterocycles. The van der Waals surface area contributed by atoms with Crippen molar-refractivity contribution in [2.45, 2.75) is 62.7 Å². The van der Waals surface area contributed by atoms with Crippen molar-refractivity contribution in [2.75, 3.05) is 11.6 Å². The number of carbonyl (C=O) groups is 1. The zero-order chi connectivity index (χ0) is 23.1.